The third-order valence-electron chi connectivity index (χ3n) is 3.27. The lowest BCUT2D eigenvalue weighted by Crippen LogP contribution is -2.11. The molecular formula is C16H13FN4O2S. The molecule has 2 N–H and O–H groups in total. The van der Waals surface area contributed by atoms with E-state index in [1.165, 1.54) is 36.5 Å². The van der Waals surface area contributed by atoms with E-state index in [0.29, 0.717) is 22.7 Å². The first-order valence-electron chi connectivity index (χ1n) is 7.08. The molecule has 0 aliphatic rings. The largest absolute Gasteiger partial charge is 0.294 e. The van der Waals surface area contributed by atoms with Crippen LogP contribution in [0.5, 0.6) is 0 Å². The second-order valence-electron chi connectivity index (χ2n) is 5.12. The normalized spacial score (nSPS) is 10.6. The van der Waals surface area contributed by atoms with Crippen molar-refractivity contribution in [3.63, 3.8) is 0 Å². The van der Waals surface area contributed by atoms with Gasteiger partial charge < -0.3 is 0 Å². The van der Waals surface area contributed by atoms with Crippen molar-refractivity contribution in [2.45, 2.75) is 13.3 Å². The summed E-state index contributed by atoms with van der Waals surface area (Å²) in [7, 11) is 0. The van der Waals surface area contributed by atoms with Crippen LogP contribution in [0.4, 0.5) is 10.3 Å². The number of carbonyl (C=O) groups is 2. The minimum atomic E-state index is -0.375. The lowest BCUT2D eigenvalue weighted by atomic mass is 10.1. The van der Waals surface area contributed by atoms with Crippen molar-refractivity contribution >= 4 is 29.0 Å². The first-order chi connectivity index (χ1) is 11.5. The smallest absolute Gasteiger partial charge is 0.268 e. The number of hydrogen-bond acceptors (Lipinski definition) is 5. The Morgan fingerprint density at radius 1 is 1.29 bits per heavy atom. The molecule has 2 aromatic heterocycles. The Balaban J connectivity index is 1.65. The van der Waals surface area contributed by atoms with E-state index in [0.717, 1.165) is 5.56 Å². The Kier molecular flexibility index (Phi) is 4.48. The van der Waals surface area contributed by atoms with Gasteiger partial charge in [-0.05, 0) is 30.7 Å². The number of halogens is 1. The number of rotatable bonds is 5. The van der Waals surface area contributed by atoms with Gasteiger partial charge in [-0.15, -0.1) is 16.4 Å². The minimum Gasteiger partial charge on any atom is -0.294 e. The third kappa shape index (κ3) is 3.72. The molecule has 6 nitrogen and oxygen atoms in total. The van der Waals surface area contributed by atoms with Gasteiger partial charge in [0.25, 0.3) is 5.91 Å². The van der Waals surface area contributed by atoms with Crippen LogP contribution in [0.2, 0.25) is 0 Å². The maximum Gasteiger partial charge on any atom is 0.268 e. The first kappa shape index (κ1) is 16.0. The number of thiophene rings is 1. The van der Waals surface area contributed by atoms with E-state index in [-0.39, 0.29) is 23.5 Å². The van der Waals surface area contributed by atoms with Crippen molar-refractivity contribution in [1.29, 1.82) is 0 Å². The first-order valence-corrected chi connectivity index (χ1v) is 7.96. The van der Waals surface area contributed by atoms with E-state index in [4.69, 9.17) is 0 Å². The van der Waals surface area contributed by atoms with Crippen LogP contribution in [-0.2, 0) is 6.42 Å². The molecule has 0 saturated heterocycles. The van der Waals surface area contributed by atoms with Crippen LogP contribution in [0.1, 0.15) is 38.3 Å². The predicted molar refractivity (Wildman–Crippen MR) is 87.9 cm³/mol. The molecule has 0 radical (unpaired) electrons. The van der Waals surface area contributed by atoms with Crippen molar-refractivity contribution in [2.24, 2.45) is 0 Å². The number of H-pyrrole nitrogens is 1. The third-order valence-corrected chi connectivity index (χ3v) is 4.20. The van der Waals surface area contributed by atoms with E-state index in [2.05, 4.69) is 20.5 Å². The van der Waals surface area contributed by atoms with Gasteiger partial charge in [-0.2, -0.15) is 4.98 Å². The zero-order valence-electron chi connectivity index (χ0n) is 12.7. The summed E-state index contributed by atoms with van der Waals surface area (Å²) in [5.41, 5.74) is 1.37. The molecule has 0 atom stereocenters. The number of nitrogens with zero attached hydrogens (tertiary/aromatic N) is 2. The Morgan fingerprint density at radius 2 is 2.04 bits per heavy atom. The van der Waals surface area contributed by atoms with Crippen molar-refractivity contribution in [3.8, 4) is 0 Å². The summed E-state index contributed by atoms with van der Waals surface area (Å²) in [6, 6.07) is 7.60. The molecule has 24 heavy (non-hydrogen) atoms. The van der Waals surface area contributed by atoms with Crippen molar-refractivity contribution in [2.75, 3.05) is 5.32 Å². The van der Waals surface area contributed by atoms with Crippen LogP contribution in [0.3, 0.4) is 0 Å². The Hall–Kier alpha value is -2.87. The van der Waals surface area contributed by atoms with Crippen LogP contribution in [0.15, 0.2) is 35.7 Å². The molecule has 122 valence electrons. The molecule has 8 heteroatoms. The number of benzene rings is 1. The van der Waals surface area contributed by atoms with Gasteiger partial charge in [0.2, 0.25) is 5.95 Å². The molecule has 3 aromatic rings. The van der Waals surface area contributed by atoms with Crippen molar-refractivity contribution in [1.82, 2.24) is 15.2 Å². The van der Waals surface area contributed by atoms with Crippen LogP contribution in [0.25, 0.3) is 0 Å². The SMILES string of the molecule is CC(=O)c1csc(C(=O)Nc2n[nH]c(Cc3ccc(F)cc3)n2)c1. The van der Waals surface area contributed by atoms with Gasteiger partial charge in [-0.1, -0.05) is 12.1 Å². The van der Waals surface area contributed by atoms with Gasteiger partial charge in [0.15, 0.2) is 5.78 Å². The summed E-state index contributed by atoms with van der Waals surface area (Å²) in [5, 5.41) is 10.9. The van der Waals surface area contributed by atoms with Crippen LogP contribution >= 0.6 is 11.3 Å². The fraction of sp³-hybridized carbons (Fsp3) is 0.125. The average molecular weight is 344 g/mol. The molecule has 2 heterocycles. The highest BCUT2D eigenvalue weighted by molar-refractivity contribution is 7.12. The average Bonchev–Trinajstić information content (AvgIpc) is 3.19. The van der Waals surface area contributed by atoms with Gasteiger partial charge in [-0.25, -0.2) is 4.39 Å². The quantitative estimate of drug-likeness (QED) is 0.696. The zero-order valence-corrected chi connectivity index (χ0v) is 13.5. The number of amides is 1. The topological polar surface area (TPSA) is 87.7 Å². The summed E-state index contributed by atoms with van der Waals surface area (Å²) >= 11 is 1.18. The number of nitrogens with one attached hydrogen (secondary N) is 2. The summed E-state index contributed by atoms with van der Waals surface area (Å²) < 4.78 is 12.9. The molecule has 0 aliphatic heterocycles. The second kappa shape index (κ2) is 6.71. The van der Waals surface area contributed by atoms with Gasteiger partial charge in [0.1, 0.15) is 11.6 Å². The van der Waals surface area contributed by atoms with Gasteiger partial charge in [0.05, 0.1) is 4.88 Å². The van der Waals surface area contributed by atoms with Gasteiger partial charge in [-0.3, -0.25) is 20.0 Å². The maximum atomic E-state index is 12.9. The lowest BCUT2D eigenvalue weighted by molar-refractivity contribution is 0.101. The Labute approximate surface area is 140 Å². The molecule has 0 aliphatic carbocycles. The molecule has 0 fully saturated rings. The second-order valence-corrected chi connectivity index (χ2v) is 6.03. The number of carbonyl (C=O) groups excluding carboxylic acids is 2. The monoisotopic (exact) mass is 344 g/mol. The Morgan fingerprint density at radius 3 is 2.71 bits per heavy atom. The van der Waals surface area contributed by atoms with Crippen molar-refractivity contribution < 1.29 is 14.0 Å². The van der Waals surface area contributed by atoms with E-state index >= 15 is 0 Å². The summed E-state index contributed by atoms with van der Waals surface area (Å²) in [6.07, 6.45) is 0.441. The van der Waals surface area contributed by atoms with E-state index < -0.39 is 0 Å². The molecule has 1 amide bonds. The molecule has 1 aromatic carbocycles. The summed E-state index contributed by atoms with van der Waals surface area (Å²) in [5.74, 6) is -0.0721. The highest BCUT2D eigenvalue weighted by atomic mass is 32.1. The van der Waals surface area contributed by atoms with E-state index in [1.54, 1.807) is 17.5 Å². The van der Waals surface area contributed by atoms with Crippen LogP contribution < -0.4 is 5.32 Å². The van der Waals surface area contributed by atoms with E-state index in [1.807, 2.05) is 0 Å². The molecule has 3 rings (SSSR count). The van der Waals surface area contributed by atoms with Crippen LogP contribution in [0, 0.1) is 5.82 Å². The Bertz CT molecular complexity index is 886. The number of Topliss-reactive ketones (excluding diaryl/α,β-unsaturated/α-hetero) is 1. The number of ketones is 1. The molecular weight excluding hydrogens is 331 g/mol. The van der Waals surface area contributed by atoms with E-state index in [9.17, 15) is 14.0 Å². The molecule has 0 unspecified atom stereocenters. The molecule has 0 saturated carbocycles. The van der Waals surface area contributed by atoms with Crippen molar-refractivity contribution in [3.05, 3.63) is 63.4 Å². The minimum absolute atomic E-state index is 0.0928. The number of hydrogen-bond donors (Lipinski definition) is 2. The number of anilines is 1. The molecule has 0 bridgehead atoms. The standard InChI is InChI=1S/C16H13FN4O2S/c1-9(22)11-7-13(24-8-11)15(23)19-16-18-14(20-21-16)6-10-2-4-12(17)5-3-10/h2-5,7-8H,6H2,1H3,(H2,18,19,20,21,23). The summed E-state index contributed by atoms with van der Waals surface area (Å²) in [4.78, 5) is 28.0. The number of aromatic amines is 1. The van der Waals surface area contributed by atoms with Gasteiger partial charge >= 0.3 is 0 Å². The predicted octanol–water partition coefficient (Wildman–Crippen LogP) is 3.05. The number of aromatic nitrogens is 3. The highest BCUT2D eigenvalue weighted by Gasteiger charge is 2.14. The maximum absolute atomic E-state index is 12.9. The zero-order chi connectivity index (χ0) is 17.1. The lowest BCUT2D eigenvalue weighted by Gasteiger charge is -1.98. The fourth-order valence-electron chi connectivity index (χ4n) is 2.03. The summed E-state index contributed by atoms with van der Waals surface area (Å²) in [6.45, 7) is 1.45. The fourth-order valence-corrected chi connectivity index (χ4v) is 2.87. The van der Waals surface area contributed by atoms with Gasteiger partial charge in [0, 0.05) is 17.4 Å². The highest BCUT2D eigenvalue weighted by Crippen LogP contribution is 2.16. The molecule has 0 spiro atoms. The van der Waals surface area contributed by atoms with Crippen LogP contribution in [-0.4, -0.2) is 26.9 Å².